The molecule has 0 saturated carbocycles. The molecule has 40 heavy (non-hydrogen) atoms. The van der Waals surface area contributed by atoms with Crippen molar-refractivity contribution in [3.63, 3.8) is 0 Å². The quantitative estimate of drug-likeness (QED) is 0.191. The smallest absolute Gasteiger partial charge is 0.330 e. The third-order valence-electron chi connectivity index (χ3n) is 7.68. The highest BCUT2D eigenvalue weighted by Crippen LogP contribution is 2.67. The highest BCUT2D eigenvalue weighted by atomic mass is 16.6. The van der Waals surface area contributed by atoms with Crippen LogP contribution in [0.3, 0.4) is 0 Å². The van der Waals surface area contributed by atoms with E-state index in [1.807, 2.05) is 49.4 Å². The van der Waals surface area contributed by atoms with Gasteiger partial charge < -0.3 is 23.7 Å². The van der Waals surface area contributed by atoms with Crippen LogP contribution in [0.15, 0.2) is 67.8 Å². The first-order valence-corrected chi connectivity index (χ1v) is 13.0. The van der Waals surface area contributed by atoms with Gasteiger partial charge in [0.05, 0.1) is 13.2 Å². The molecule has 9 nitrogen and oxygen atoms in total. The number of aryl methyl sites for hydroxylation is 1. The van der Waals surface area contributed by atoms with E-state index in [1.54, 1.807) is 13.8 Å². The van der Waals surface area contributed by atoms with Gasteiger partial charge in [0.25, 0.3) is 0 Å². The monoisotopic (exact) mass is 546 g/mol. The van der Waals surface area contributed by atoms with Crippen molar-refractivity contribution in [2.75, 3.05) is 13.2 Å². The first kappa shape index (κ1) is 27.5. The Morgan fingerprint density at radius 3 is 1.75 bits per heavy atom. The summed E-state index contributed by atoms with van der Waals surface area (Å²) in [6.45, 7) is 12.0. The van der Waals surface area contributed by atoms with Crippen LogP contribution in [0, 0.1) is 18.8 Å². The van der Waals surface area contributed by atoms with Crippen LogP contribution in [0.25, 0.3) is 0 Å². The van der Waals surface area contributed by atoms with Crippen molar-refractivity contribution in [2.45, 2.75) is 44.2 Å². The van der Waals surface area contributed by atoms with Crippen molar-refractivity contribution >= 4 is 23.9 Å². The summed E-state index contributed by atoms with van der Waals surface area (Å²) < 4.78 is 29.2. The minimum Gasteiger partial charge on any atom is -0.457 e. The Morgan fingerprint density at radius 2 is 1.27 bits per heavy atom. The number of ether oxygens (including phenoxy) is 5. The van der Waals surface area contributed by atoms with Gasteiger partial charge in [0, 0.05) is 12.2 Å². The standard InChI is InChI=1S/C31H30O9/c1-6-24(32)38-18(4)15-36-30-20-10-8-9-11-21(20)31(23-14-17(3)12-13-22(23)30,27-26(30)28(34)40-29(27)35)37-16-19(5)39-25(33)7-2/h6-14,18-19,26-27H,1-2,15-16H2,3-5H3. The number of carbonyl (C=O) groups excluding carboxylic acids is 4. The van der Waals surface area contributed by atoms with E-state index in [-0.39, 0.29) is 13.2 Å². The van der Waals surface area contributed by atoms with Crippen LogP contribution in [0.1, 0.15) is 41.7 Å². The van der Waals surface area contributed by atoms with Crippen molar-refractivity contribution in [2.24, 2.45) is 11.8 Å². The lowest BCUT2D eigenvalue weighted by molar-refractivity contribution is -0.191. The second-order valence-corrected chi connectivity index (χ2v) is 10.3. The van der Waals surface area contributed by atoms with E-state index in [9.17, 15) is 19.2 Å². The fraction of sp³-hybridized carbons (Fsp3) is 0.355. The maximum absolute atomic E-state index is 13.5. The third-order valence-corrected chi connectivity index (χ3v) is 7.68. The number of hydrogen-bond donors (Lipinski definition) is 0. The molecule has 1 heterocycles. The molecule has 0 N–H and O–H groups in total. The van der Waals surface area contributed by atoms with Gasteiger partial charge in [-0.3, -0.25) is 9.59 Å². The summed E-state index contributed by atoms with van der Waals surface area (Å²) >= 11 is 0. The Kier molecular flexibility index (Phi) is 6.97. The van der Waals surface area contributed by atoms with Gasteiger partial charge in [-0.15, -0.1) is 0 Å². The van der Waals surface area contributed by atoms with Crippen LogP contribution in [0.5, 0.6) is 0 Å². The molecule has 0 spiro atoms. The molecule has 2 aromatic rings. The van der Waals surface area contributed by atoms with Gasteiger partial charge in [0.1, 0.15) is 35.2 Å². The fourth-order valence-corrected chi connectivity index (χ4v) is 6.23. The Morgan fingerprint density at radius 1 is 0.825 bits per heavy atom. The van der Waals surface area contributed by atoms with E-state index in [0.29, 0.717) is 22.3 Å². The Bertz CT molecular complexity index is 1430. The molecule has 6 atom stereocenters. The minimum absolute atomic E-state index is 0.0750. The third kappa shape index (κ3) is 4.00. The first-order valence-electron chi connectivity index (χ1n) is 13.0. The van der Waals surface area contributed by atoms with Crippen molar-refractivity contribution in [3.05, 3.63) is 95.6 Å². The predicted octanol–water partition coefficient (Wildman–Crippen LogP) is 3.39. The lowest BCUT2D eigenvalue weighted by Crippen LogP contribution is -2.63. The number of rotatable bonds is 10. The molecule has 1 saturated heterocycles. The molecule has 0 aromatic heterocycles. The molecule has 2 bridgehead atoms. The van der Waals surface area contributed by atoms with Crippen molar-refractivity contribution < 1.29 is 42.9 Å². The van der Waals surface area contributed by atoms with Crippen LogP contribution < -0.4 is 0 Å². The summed E-state index contributed by atoms with van der Waals surface area (Å²) in [4.78, 5) is 50.6. The fourth-order valence-electron chi connectivity index (χ4n) is 6.23. The maximum atomic E-state index is 13.5. The van der Waals surface area contributed by atoms with Gasteiger partial charge in [0.15, 0.2) is 0 Å². The molecule has 2 aromatic carbocycles. The van der Waals surface area contributed by atoms with E-state index in [1.165, 1.54) is 0 Å². The second-order valence-electron chi connectivity index (χ2n) is 10.3. The van der Waals surface area contributed by atoms with E-state index in [2.05, 4.69) is 13.2 Å². The van der Waals surface area contributed by atoms with Crippen molar-refractivity contribution in [1.29, 1.82) is 0 Å². The zero-order valence-corrected chi connectivity index (χ0v) is 22.5. The largest absolute Gasteiger partial charge is 0.457 e. The SMILES string of the molecule is C=CC(=O)OC(C)COC12c3ccccc3C(OCC(C)OC(=O)C=C)(c3cc(C)ccc31)C1C(=O)OC(=O)C12. The highest BCUT2D eigenvalue weighted by Gasteiger charge is 2.75. The Labute approximate surface area is 231 Å². The average molecular weight is 547 g/mol. The number of esters is 4. The van der Waals surface area contributed by atoms with Crippen molar-refractivity contribution in [1.82, 2.24) is 0 Å². The van der Waals surface area contributed by atoms with E-state index < -0.39 is 59.1 Å². The lowest BCUT2D eigenvalue weighted by Gasteiger charge is -2.58. The molecular formula is C31H30O9. The van der Waals surface area contributed by atoms with Crippen LogP contribution in [-0.4, -0.2) is 49.3 Å². The Balaban J connectivity index is 1.70. The van der Waals surface area contributed by atoms with Gasteiger partial charge in [-0.2, -0.15) is 0 Å². The van der Waals surface area contributed by atoms with Gasteiger partial charge in [0.2, 0.25) is 0 Å². The number of carbonyl (C=O) groups is 4. The topological polar surface area (TPSA) is 114 Å². The van der Waals surface area contributed by atoms with Gasteiger partial charge in [-0.1, -0.05) is 61.2 Å². The Hall–Kier alpha value is -4.08. The molecule has 6 unspecified atom stereocenters. The molecule has 1 fully saturated rings. The zero-order chi connectivity index (χ0) is 28.8. The minimum atomic E-state index is -1.42. The summed E-state index contributed by atoms with van der Waals surface area (Å²) in [5, 5.41) is 0. The average Bonchev–Trinajstić information content (AvgIpc) is 3.25. The van der Waals surface area contributed by atoms with E-state index >= 15 is 0 Å². The molecule has 9 heteroatoms. The van der Waals surface area contributed by atoms with Crippen molar-refractivity contribution in [3.8, 4) is 0 Å². The molecule has 6 rings (SSSR count). The molecule has 0 amide bonds. The number of hydrogen-bond acceptors (Lipinski definition) is 9. The normalized spacial score (nSPS) is 27.0. The summed E-state index contributed by atoms with van der Waals surface area (Å²) in [6.07, 6.45) is 0.757. The molecular weight excluding hydrogens is 516 g/mol. The summed E-state index contributed by atoms with van der Waals surface area (Å²) in [6, 6.07) is 13.0. The van der Waals surface area contributed by atoms with E-state index in [0.717, 1.165) is 17.7 Å². The molecule has 208 valence electrons. The lowest BCUT2D eigenvalue weighted by atomic mass is 9.50. The molecule has 3 aliphatic carbocycles. The maximum Gasteiger partial charge on any atom is 0.330 e. The van der Waals surface area contributed by atoms with Gasteiger partial charge >= 0.3 is 23.9 Å². The van der Waals surface area contributed by atoms with Crippen LogP contribution >= 0.6 is 0 Å². The summed E-state index contributed by atoms with van der Waals surface area (Å²) in [5.74, 6) is -4.85. The zero-order valence-electron chi connectivity index (χ0n) is 22.5. The van der Waals surface area contributed by atoms with Gasteiger partial charge in [-0.25, -0.2) is 9.59 Å². The first-order chi connectivity index (χ1) is 19.1. The summed E-state index contributed by atoms with van der Waals surface area (Å²) in [7, 11) is 0. The number of benzene rings is 2. The molecule has 1 aliphatic heterocycles. The molecule has 4 aliphatic rings. The van der Waals surface area contributed by atoms with Crippen LogP contribution in [0.2, 0.25) is 0 Å². The van der Waals surface area contributed by atoms with E-state index in [4.69, 9.17) is 23.7 Å². The molecule has 0 radical (unpaired) electrons. The van der Waals surface area contributed by atoms with Gasteiger partial charge in [-0.05, 0) is 43.0 Å². The second kappa shape index (κ2) is 10.1. The predicted molar refractivity (Wildman–Crippen MR) is 141 cm³/mol. The van der Waals surface area contributed by atoms with Crippen LogP contribution in [0.4, 0.5) is 0 Å². The van der Waals surface area contributed by atoms with Crippen LogP contribution in [-0.2, 0) is 54.1 Å². The summed E-state index contributed by atoms with van der Waals surface area (Å²) in [5.41, 5.74) is 0.618. The number of cyclic esters (lactones) is 2. The highest BCUT2D eigenvalue weighted by molar-refractivity contribution is 6.01.